The van der Waals surface area contributed by atoms with Gasteiger partial charge in [0.1, 0.15) is 12.7 Å². The number of carbonyl (C=O) groups excluding carboxylic acids is 2. The molecule has 1 aliphatic rings. The van der Waals surface area contributed by atoms with Crippen LogP contribution in [0, 0.1) is 0 Å². The molecule has 1 N–H and O–H groups in total. The second kappa shape index (κ2) is 7.48. The standard InChI is InChI=1S/C21H19N5O2/c1-2-20(27)25-12-4-6-17-18(5-3-7-19(17)25)21(28)24-15-8-10-16(11-9-15)26-14-22-13-23-26/h2-3,5,7-11,13-14H,1,4,6,12H2,(H,24,28). The quantitative estimate of drug-likeness (QED) is 0.713. The summed E-state index contributed by atoms with van der Waals surface area (Å²) in [6.07, 6.45) is 5.95. The minimum absolute atomic E-state index is 0.151. The number of hydrogen-bond donors (Lipinski definition) is 1. The van der Waals surface area contributed by atoms with Crippen molar-refractivity contribution in [2.24, 2.45) is 0 Å². The third-order valence-corrected chi connectivity index (χ3v) is 4.74. The molecule has 4 rings (SSSR count). The van der Waals surface area contributed by atoms with E-state index in [0.29, 0.717) is 17.8 Å². The summed E-state index contributed by atoms with van der Waals surface area (Å²) in [7, 11) is 0. The van der Waals surface area contributed by atoms with Gasteiger partial charge >= 0.3 is 0 Å². The fourth-order valence-corrected chi connectivity index (χ4v) is 3.41. The minimum atomic E-state index is -0.196. The molecular formula is C21H19N5O2. The average Bonchev–Trinajstić information content (AvgIpc) is 3.27. The number of nitrogens with zero attached hydrogens (tertiary/aromatic N) is 4. The molecule has 0 atom stereocenters. The lowest BCUT2D eigenvalue weighted by Gasteiger charge is -2.29. The van der Waals surface area contributed by atoms with Crippen molar-refractivity contribution in [3.8, 4) is 5.69 Å². The average molecular weight is 373 g/mol. The Balaban J connectivity index is 1.57. The van der Waals surface area contributed by atoms with Crippen molar-refractivity contribution in [1.82, 2.24) is 14.8 Å². The lowest BCUT2D eigenvalue weighted by atomic mass is 9.95. The minimum Gasteiger partial charge on any atom is -0.322 e. The number of anilines is 2. The first kappa shape index (κ1) is 17.7. The normalized spacial score (nSPS) is 12.9. The second-order valence-corrected chi connectivity index (χ2v) is 6.44. The molecule has 0 bridgehead atoms. The first-order chi connectivity index (χ1) is 13.7. The van der Waals surface area contributed by atoms with Crippen LogP contribution in [0.2, 0.25) is 0 Å². The molecule has 0 spiro atoms. The topological polar surface area (TPSA) is 80.1 Å². The van der Waals surface area contributed by atoms with Crippen LogP contribution in [-0.2, 0) is 11.2 Å². The number of hydrogen-bond acceptors (Lipinski definition) is 4. The highest BCUT2D eigenvalue weighted by Gasteiger charge is 2.24. The molecule has 140 valence electrons. The summed E-state index contributed by atoms with van der Waals surface area (Å²) in [5, 5.41) is 7.01. The van der Waals surface area contributed by atoms with Crippen molar-refractivity contribution < 1.29 is 9.59 Å². The number of nitrogens with one attached hydrogen (secondary N) is 1. The third-order valence-electron chi connectivity index (χ3n) is 4.74. The number of benzene rings is 2. The molecule has 0 fully saturated rings. The SMILES string of the molecule is C=CC(=O)N1CCCc2c(C(=O)Nc3ccc(-n4cncn4)cc3)cccc21. The van der Waals surface area contributed by atoms with Gasteiger partial charge in [-0.15, -0.1) is 0 Å². The van der Waals surface area contributed by atoms with Gasteiger partial charge in [0, 0.05) is 23.5 Å². The van der Waals surface area contributed by atoms with Gasteiger partial charge in [-0.2, -0.15) is 5.10 Å². The zero-order valence-corrected chi connectivity index (χ0v) is 15.2. The highest BCUT2D eigenvalue weighted by molar-refractivity contribution is 6.08. The summed E-state index contributed by atoms with van der Waals surface area (Å²) in [4.78, 5) is 30.6. The van der Waals surface area contributed by atoms with Crippen LogP contribution >= 0.6 is 0 Å². The number of aromatic nitrogens is 3. The largest absolute Gasteiger partial charge is 0.322 e. The molecular weight excluding hydrogens is 354 g/mol. The van der Waals surface area contributed by atoms with E-state index in [4.69, 9.17) is 0 Å². The summed E-state index contributed by atoms with van der Waals surface area (Å²) in [5.74, 6) is -0.347. The van der Waals surface area contributed by atoms with Crippen LogP contribution in [0.1, 0.15) is 22.3 Å². The van der Waals surface area contributed by atoms with Gasteiger partial charge < -0.3 is 10.2 Å². The Morgan fingerprint density at radius 2 is 1.96 bits per heavy atom. The lowest BCUT2D eigenvalue weighted by Crippen LogP contribution is -2.35. The van der Waals surface area contributed by atoms with Crippen LogP contribution in [0.15, 0.2) is 67.8 Å². The van der Waals surface area contributed by atoms with E-state index in [1.54, 1.807) is 28.0 Å². The predicted molar refractivity (Wildman–Crippen MR) is 107 cm³/mol. The summed E-state index contributed by atoms with van der Waals surface area (Å²) in [5.41, 5.74) is 3.79. The monoisotopic (exact) mass is 373 g/mol. The Bertz CT molecular complexity index is 1030. The maximum absolute atomic E-state index is 12.9. The molecule has 1 aliphatic heterocycles. The summed E-state index contributed by atoms with van der Waals surface area (Å²) in [6, 6.07) is 12.8. The molecule has 7 heteroatoms. The maximum Gasteiger partial charge on any atom is 0.256 e. The Hall–Kier alpha value is -3.74. The van der Waals surface area contributed by atoms with E-state index in [0.717, 1.165) is 29.8 Å². The van der Waals surface area contributed by atoms with Gasteiger partial charge in [-0.1, -0.05) is 12.6 Å². The molecule has 1 aromatic heterocycles. The van der Waals surface area contributed by atoms with E-state index < -0.39 is 0 Å². The maximum atomic E-state index is 12.9. The lowest BCUT2D eigenvalue weighted by molar-refractivity contribution is -0.114. The number of fused-ring (bicyclic) bond motifs is 1. The summed E-state index contributed by atoms with van der Waals surface area (Å²) in [6.45, 7) is 4.20. The molecule has 0 saturated carbocycles. The van der Waals surface area contributed by atoms with Gasteiger partial charge in [0.25, 0.3) is 5.91 Å². The number of amides is 2. The molecule has 0 saturated heterocycles. The molecule has 0 radical (unpaired) electrons. The molecule has 0 unspecified atom stereocenters. The Morgan fingerprint density at radius 3 is 2.68 bits per heavy atom. The Labute approximate surface area is 162 Å². The van der Waals surface area contributed by atoms with E-state index in [1.807, 2.05) is 30.3 Å². The molecule has 7 nitrogen and oxygen atoms in total. The Morgan fingerprint density at radius 1 is 1.14 bits per heavy atom. The summed E-state index contributed by atoms with van der Waals surface area (Å²) >= 11 is 0. The second-order valence-electron chi connectivity index (χ2n) is 6.44. The van der Waals surface area contributed by atoms with Gasteiger partial charge in [0.2, 0.25) is 5.91 Å². The van der Waals surface area contributed by atoms with Crippen LogP contribution in [0.25, 0.3) is 5.69 Å². The van der Waals surface area contributed by atoms with Gasteiger partial charge in [0.15, 0.2) is 0 Å². The van der Waals surface area contributed by atoms with Crippen molar-refractivity contribution in [3.05, 3.63) is 78.9 Å². The van der Waals surface area contributed by atoms with Crippen LogP contribution < -0.4 is 10.2 Å². The molecule has 2 heterocycles. The predicted octanol–water partition coefficient (Wildman–Crippen LogP) is 2.98. The van der Waals surface area contributed by atoms with Crippen molar-refractivity contribution in [1.29, 1.82) is 0 Å². The zero-order chi connectivity index (χ0) is 19.5. The van der Waals surface area contributed by atoms with Crippen LogP contribution in [0.5, 0.6) is 0 Å². The van der Waals surface area contributed by atoms with Crippen molar-refractivity contribution >= 4 is 23.2 Å². The zero-order valence-electron chi connectivity index (χ0n) is 15.2. The van der Waals surface area contributed by atoms with Gasteiger partial charge in [-0.05, 0) is 60.9 Å². The van der Waals surface area contributed by atoms with Crippen LogP contribution in [-0.4, -0.2) is 33.1 Å². The molecule has 3 aromatic rings. The molecule has 28 heavy (non-hydrogen) atoms. The number of rotatable bonds is 4. The van der Waals surface area contributed by atoms with E-state index in [9.17, 15) is 9.59 Å². The number of carbonyl (C=O) groups is 2. The van der Waals surface area contributed by atoms with Crippen LogP contribution in [0.4, 0.5) is 11.4 Å². The van der Waals surface area contributed by atoms with E-state index in [1.165, 1.54) is 12.4 Å². The van der Waals surface area contributed by atoms with E-state index in [-0.39, 0.29) is 11.8 Å². The van der Waals surface area contributed by atoms with E-state index >= 15 is 0 Å². The molecule has 2 aromatic carbocycles. The van der Waals surface area contributed by atoms with Crippen molar-refractivity contribution in [3.63, 3.8) is 0 Å². The Kier molecular flexibility index (Phi) is 4.72. The van der Waals surface area contributed by atoms with E-state index in [2.05, 4.69) is 22.0 Å². The van der Waals surface area contributed by atoms with Gasteiger partial charge in [-0.25, -0.2) is 9.67 Å². The molecule has 0 aliphatic carbocycles. The first-order valence-electron chi connectivity index (χ1n) is 8.99. The highest BCUT2D eigenvalue weighted by atomic mass is 16.2. The van der Waals surface area contributed by atoms with Crippen molar-refractivity contribution in [2.75, 3.05) is 16.8 Å². The molecule has 2 amide bonds. The fraction of sp³-hybridized carbons (Fsp3) is 0.143. The highest BCUT2D eigenvalue weighted by Crippen LogP contribution is 2.30. The third kappa shape index (κ3) is 3.29. The first-order valence-corrected chi connectivity index (χ1v) is 8.99. The van der Waals surface area contributed by atoms with Crippen LogP contribution in [0.3, 0.4) is 0 Å². The smallest absolute Gasteiger partial charge is 0.256 e. The van der Waals surface area contributed by atoms with Gasteiger partial charge in [0.05, 0.1) is 5.69 Å². The van der Waals surface area contributed by atoms with Gasteiger partial charge in [-0.3, -0.25) is 9.59 Å². The summed E-state index contributed by atoms with van der Waals surface area (Å²) < 4.78 is 1.64. The van der Waals surface area contributed by atoms with Crippen molar-refractivity contribution in [2.45, 2.75) is 12.8 Å². The fourth-order valence-electron chi connectivity index (χ4n) is 3.41.